The number of hydrogen-bond acceptors (Lipinski definition) is 2. The summed E-state index contributed by atoms with van der Waals surface area (Å²) in [4.78, 5) is 2.39. The first-order valence-electron chi connectivity index (χ1n) is 3.66. The summed E-state index contributed by atoms with van der Waals surface area (Å²) in [6.45, 7) is 3.75. The van der Waals surface area contributed by atoms with Crippen LogP contribution in [-0.4, -0.2) is 38.6 Å². The van der Waals surface area contributed by atoms with Gasteiger partial charge in [-0.3, -0.25) is 0 Å². The van der Waals surface area contributed by atoms with E-state index < -0.39 is 0 Å². The molecule has 1 saturated heterocycles. The zero-order valence-corrected chi connectivity index (χ0v) is 7.58. The normalized spacial score (nSPS) is 26.4. The van der Waals surface area contributed by atoms with Crippen molar-refractivity contribution in [2.75, 3.05) is 33.7 Å². The number of nitrogens with one attached hydrogen (secondary N) is 1. The molecule has 1 fully saturated rings. The van der Waals surface area contributed by atoms with Crippen LogP contribution in [0, 0.1) is 5.92 Å². The van der Waals surface area contributed by atoms with Crippen molar-refractivity contribution in [1.29, 1.82) is 0 Å². The molecule has 2 nitrogen and oxygen atoms in total. The molecule has 3 heteroatoms. The Kier molecular flexibility index (Phi) is 5.04. The van der Waals surface area contributed by atoms with Crippen molar-refractivity contribution in [2.24, 2.45) is 5.92 Å². The first kappa shape index (κ1) is 10.2. The summed E-state index contributed by atoms with van der Waals surface area (Å²) in [5.41, 5.74) is 0. The van der Waals surface area contributed by atoms with Crippen LogP contribution in [0.2, 0.25) is 0 Å². The van der Waals surface area contributed by atoms with Gasteiger partial charge in [-0.1, -0.05) is 0 Å². The van der Waals surface area contributed by atoms with Gasteiger partial charge in [0, 0.05) is 6.54 Å². The molecule has 1 rings (SSSR count). The number of likely N-dealkylation sites (tertiary alicyclic amines) is 1. The molecule has 0 saturated carbocycles. The summed E-state index contributed by atoms with van der Waals surface area (Å²) in [6, 6.07) is 0. The average molecular weight is 165 g/mol. The van der Waals surface area contributed by atoms with Crippen LogP contribution in [-0.2, 0) is 0 Å². The van der Waals surface area contributed by atoms with Gasteiger partial charge >= 0.3 is 0 Å². The van der Waals surface area contributed by atoms with E-state index in [2.05, 4.69) is 17.3 Å². The van der Waals surface area contributed by atoms with E-state index in [-0.39, 0.29) is 12.4 Å². The van der Waals surface area contributed by atoms with E-state index in [0.29, 0.717) is 0 Å². The molecule has 0 aromatic carbocycles. The Balaban J connectivity index is 0.000000810. The van der Waals surface area contributed by atoms with Gasteiger partial charge in [-0.25, -0.2) is 0 Å². The SMILES string of the molecule is CNCC1CCN(C)C1.Cl. The third-order valence-corrected chi connectivity index (χ3v) is 1.98. The maximum atomic E-state index is 3.20. The smallest absolute Gasteiger partial charge is 0.00192 e. The Labute approximate surface area is 69.4 Å². The second-order valence-electron chi connectivity index (χ2n) is 2.97. The van der Waals surface area contributed by atoms with E-state index in [4.69, 9.17) is 0 Å². The first-order chi connectivity index (χ1) is 4.33. The van der Waals surface area contributed by atoms with Crippen LogP contribution in [0.15, 0.2) is 0 Å². The molecule has 1 atom stereocenters. The fraction of sp³-hybridized carbons (Fsp3) is 1.00. The van der Waals surface area contributed by atoms with Gasteiger partial charge in [0.25, 0.3) is 0 Å². The molecule has 0 aromatic rings. The van der Waals surface area contributed by atoms with Crippen LogP contribution >= 0.6 is 12.4 Å². The van der Waals surface area contributed by atoms with Crippen molar-refractivity contribution in [3.05, 3.63) is 0 Å². The third-order valence-electron chi connectivity index (χ3n) is 1.98. The summed E-state index contributed by atoms with van der Waals surface area (Å²) in [5.74, 6) is 0.903. The molecule has 1 aliphatic heterocycles. The lowest BCUT2D eigenvalue weighted by atomic mass is 10.1. The van der Waals surface area contributed by atoms with Crippen molar-refractivity contribution in [1.82, 2.24) is 10.2 Å². The summed E-state index contributed by atoms with van der Waals surface area (Å²) in [6.07, 6.45) is 1.37. The van der Waals surface area contributed by atoms with Crippen LogP contribution in [0.3, 0.4) is 0 Å². The van der Waals surface area contributed by atoms with Crippen molar-refractivity contribution < 1.29 is 0 Å². The molecular formula is C7H17ClN2. The minimum atomic E-state index is 0. The third kappa shape index (κ3) is 2.86. The second kappa shape index (κ2) is 4.94. The van der Waals surface area contributed by atoms with Gasteiger partial charge in [-0.05, 0) is 39.5 Å². The van der Waals surface area contributed by atoms with Crippen molar-refractivity contribution in [3.8, 4) is 0 Å². The molecule has 62 valence electrons. The molecule has 1 unspecified atom stereocenters. The summed E-state index contributed by atoms with van der Waals surface area (Å²) < 4.78 is 0. The lowest BCUT2D eigenvalue weighted by molar-refractivity contribution is 0.392. The van der Waals surface area contributed by atoms with Gasteiger partial charge in [0.05, 0.1) is 0 Å². The molecule has 10 heavy (non-hydrogen) atoms. The average Bonchev–Trinajstić information content (AvgIpc) is 2.17. The molecule has 0 amide bonds. The molecule has 0 aromatic heterocycles. The Morgan fingerprint density at radius 3 is 2.70 bits per heavy atom. The van der Waals surface area contributed by atoms with Gasteiger partial charge in [0.1, 0.15) is 0 Å². The largest absolute Gasteiger partial charge is 0.319 e. The van der Waals surface area contributed by atoms with Crippen LogP contribution in [0.1, 0.15) is 6.42 Å². The minimum Gasteiger partial charge on any atom is -0.319 e. The minimum absolute atomic E-state index is 0. The van der Waals surface area contributed by atoms with E-state index >= 15 is 0 Å². The molecule has 0 aliphatic carbocycles. The number of hydrogen-bond donors (Lipinski definition) is 1. The van der Waals surface area contributed by atoms with Gasteiger partial charge in [-0.2, -0.15) is 0 Å². The number of halogens is 1. The molecule has 0 radical (unpaired) electrons. The van der Waals surface area contributed by atoms with Crippen LogP contribution < -0.4 is 5.32 Å². The molecule has 0 spiro atoms. The summed E-state index contributed by atoms with van der Waals surface area (Å²) in [5, 5.41) is 3.20. The zero-order valence-electron chi connectivity index (χ0n) is 6.76. The monoisotopic (exact) mass is 164 g/mol. The number of rotatable bonds is 2. The van der Waals surface area contributed by atoms with Crippen LogP contribution in [0.25, 0.3) is 0 Å². The van der Waals surface area contributed by atoms with Crippen molar-refractivity contribution in [2.45, 2.75) is 6.42 Å². The van der Waals surface area contributed by atoms with Gasteiger partial charge in [0.15, 0.2) is 0 Å². The fourth-order valence-corrected chi connectivity index (χ4v) is 1.48. The Morgan fingerprint density at radius 1 is 1.60 bits per heavy atom. The fourth-order valence-electron chi connectivity index (χ4n) is 1.48. The number of nitrogens with zero attached hydrogens (tertiary/aromatic N) is 1. The lowest BCUT2D eigenvalue weighted by Gasteiger charge is -2.08. The quantitative estimate of drug-likeness (QED) is 0.643. The van der Waals surface area contributed by atoms with Gasteiger partial charge in [-0.15, -0.1) is 12.4 Å². The summed E-state index contributed by atoms with van der Waals surface area (Å²) in [7, 11) is 4.22. The van der Waals surface area contributed by atoms with Crippen molar-refractivity contribution in [3.63, 3.8) is 0 Å². The lowest BCUT2D eigenvalue weighted by Crippen LogP contribution is -2.21. The van der Waals surface area contributed by atoms with Crippen LogP contribution in [0.5, 0.6) is 0 Å². The maximum absolute atomic E-state index is 3.20. The Bertz CT molecular complexity index is 85.7. The Morgan fingerprint density at radius 2 is 2.30 bits per heavy atom. The van der Waals surface area contributed by atoms with Crippen molar-refractivity contribution >= 4 is 12.4 Å². The maximum Gasteiger partial charge on any atom is 0.00192 e. The van der Waals surface area contributed by atoms with Crippen LogP contribution in [0.4, 0.5) is 0 Å². The predicted octanol–water partition coefficient (Wildman–Crippen LogP) is 0.579. The summed E-state index contributed by atoms with van der Waals surface area (Å²) >= 11 is 0. The second-order valence-corrected chi connectivity index (χ2v) is 2.97. The molecule has 1 N–H and O–H groups in total. The molecular weight excluding hydrogens is 148 g/mol. The first-order valence-corrected chi connectivity index (χ1v) is 3.66. The molecule has 1 aliphatic rings. The van der Waals surface area contributed by atoms with E-state index in [0.717, 1.165) is 5.92 Å². The standard InChI is InChI=1S/C7H16N2.ClH/c1-8-5-7-3-4-9(2)6-7;/h7-8H,3-6H2,1-2H3;1H. The highest BCUT2D eigenvalue weighted by Crippen LogP contribution is 2.12. The topological polar surface area (TPSA) is 15.3 Å². The predicted molar refractivity (Wildman–Crippen MR) is 46.8 cm³/mol. The zero-order chi connectivity index (χ0) is 6.69. The molecule has 0 bridgehead atoms. The van der Waals surface area contributed by atoms with E-state index in [9.17, 15) is 0 Å². The molecule has 1 heterocycles. The highest BCUT2D eigenvalue weighted by molar-refractivity contribution is 5.85. The van der Waals surface area contributed by atoms with Gasteiger partial charge < -0.3 is 10.2 Å². The van der Waals surface area contributed by atoms with E-state index in [1.165, 1.54) is 26.1 Å². The Hall–Kier alpha value is 0.210. The van der Waals surface area contributed by atoms with E-state index in [1.807, 2.05) is 7.05 Å². The highest BCUT2D eigenvalue weighted by atomic mass is 35.5. The van der Waals surface area contributed by atoms with Gasteiger partial charge in [0.2, 0.25) is 0 Å². The van der Waals surface area contributed by atoms with E-state index in [1.54, 1.807) is 0 Å². The highest BCUT2D eigenvalue weighted by Gasteiger charge is 2.17.